The monoisotopic (exact) mass is 384 g/mol. The number of hydrogen-bond acceptors (Lipinski definition) is 5. The van der Waals surface area contributed by atoms with Crippen LogP contribution in [-0.2, 0) is 13.0 Å². The van der Waals surface area contributed by atoms with Gasteiger partial charge in [-0.05, 0) is 32.4 Å². The molecule has 1 saturated heterocycles. The number of aryl methyl sites for hydroxylation is 2. The zero-order valence-corrected chi connectivity index (χ0v) is 16.6. The highest BCUT2D eigenvalue weighted by Gasteiger charge is 2.27. The quantitative estimate of drug-likeness (QED) is 0.870. The van der Waals surface area contributed by atoms with Crippen LogP contribution in [0.5, 0.6) is 5.75 Å². The molecule has 1 fully saturated rings. The molecule has 2 aliphatic rings. The molecule has 4 rings (SSSR count). The van der Waals surface area contributed by atoms with E-state index >= 15 is 0 Å². The molecule has 0 spiro atoms. The molecule has 8 heteroatoms. The number of para-hydroxylation sites is 2. The van der Waals surface area contributed by atoms with Crippen molar-refractivity contribution in [2.75, 3.05) is 37.7 Å². The van der Waals surface area contributed by atoms with Gasteiger partial charge in [0.25, 0.3) is 0 Å². The molecule has 0 radical (unpaired) electrons. The highest BCUT2D eigenvalue weighted by Crippen LogP contribution is 2.28. The predicted molar refractivity (Wildman–Crippen MR) is 107 cm³/mol. The first-order valence-electron chi connectivity index (χ1n) is 10.1. The number of ether oxygens (including phenoxy) is 1. The van der Waals surface area contributed by atoms with E-state index in [0.29, 0.717) is 26.2 Å². The molecule has 150 valence electrons. The lowest BCUT2D eigenvalue weighted by Gasteiger charge is -2.37. The summed E-state index contributed by atoms with van der Waals surface area (Å²) in [6.07, 6.45) is 1.76. The van der Waals surface area contributed by atoms with E-state index in [-0.39, 0.29) is 12.1 Å². The molecule has 2 aromatic rings. The second kappa shape index (κ2) is 8.08. The van der Waals surface area contributed by atoms with Gasteiger partial charge in [0.15, 0.2) is 0 Å². The summed E-state index contributed by atoms with van der Waals surface area (Å²) < 4.78 is 7.67. The van der Waals surface area contributed by atoms with E-state index in [1.54, 1.807) is 0 Å². The molecule has 0 bridgehead atoms. The lowest BCUT2D eigenvalue weighted by atomic mass is 10.1. The maximum Gasteiger partial charge on any atom is 0.317 e. The number of rotatable bonds is 4. The van der Waals surface area contributed by atoms with Crippen LogP contribution < -0.4 is 15.0 Å². The Kier molecular flexibility index (Phi) is 5.36. The lowest BCUT2D eigenvalue weighted by Crippen LogP contribution is -2.54. The van der Waals surface area contributed by atoms with E-state index in [9.17, 15) is 4.79 Å². The molecule has 1 N–H and O–H groups in total. The predicted octanol–water partition coefficient (Wildman–Crippen LogP) is 1.83. The van der Waals surface area contributed by atoms with Gasteiger partial charge in [-0.15, -0.1) is 0 Å². The van der Waals surface area contributed by atoms with Crippen LogP contribution in [-0.4, -0.2) is 64.5 Å². The fourth-order valence-corrected chi connectivity index (χ4v) is 3.96. The van der Waals surface area contributed by atoms with Crippen LogP contribution in [0.2, 0.25) is 0 Å². The van der Waals surface area contributed by atoms with Crippen LogP contribution in [0.15, 0.2) is 24.3 Å². The third-order valence-electron chi connectivity index (χ3n) is 5.36. The molecule has 0 aliphatic carbocycles. The number of carbonyl (C=O) groups is 1. The summed E-state index contributed by atoms with van der Waals surface area (Å²) in [7, 11) is 0. The number of fused-ring (bicyclic) bond motifs is 1. The number of hydrogen-bond donors (Lipinski definition) is 1. The number of anilines is 1. The third kappa shape index (κ3) is 3.90. The fraction of sp³-hybridized carbons (Fsp3) is 0.550. The fourth-order valence-electron chi connectivity index (χ4n) is 3.96. The lowest BCUT2D eigenvalue weighted by molar-refractivity contribution is 0.186. The number of benzene rings is 1. The van der Waals surface area contributed by atoms with Crippen LogP contribution in [0, 0.1) is 6.92 Å². The van der Waals surface area contributed by atoms with Crippen molar-refractivity contribution >= 4 is 11.7 Å². The van der Waals surface area contributed by atoms with Gasteiger partial charge >= 0.3 is 6.03 Å². The molecular weight excluding hydrogens is 356 g/mol. The molecular formula is C20H28N6O2. The van der Waals surface area contributed by atoms with Crippen molar-refractivity contribution in [1.82, 2.24) is 25.0 Å². The first-order valence-corrected chi connectivity index (χ1v) is 10.1. The second-order valence-corrected chi connectivity index (χ2v) is 7.32. The zero-order valence-electron chi connectivity index (χ0n) is 16.6. The SMILES string of the molecule is CCOc1ccccc1N1CCN(C(=O)NC2CCc3nc(C)nn3C2)CC1. The highest BCUT2D eigenvalue weighted by molar-refractivity contribution is 5.75. The number of piperazine rings is 1. The Bertz CT molecular complexity index is 828. The molecule has 1 aromatic heterocycles. The summed E-state index contributed by atoms with van der Waals surface area (Å²) in [6, 6.07) is 8.23. The Morgan fingerprint density at radius 2 is 2.04 bits per heavy atom. The maximum atomic E-state index is 12.7. The van der Waals surface area contributed by atoms with Crippen molar-refractivity contribution in [3.63, 3.8) is 0 Å². The van der Waals surface area contributed by atoms with Gasteiger partial charge in [-0.25, -0.2) is 14.5 Å². The number of nitrogens with one attached hydrogen (secondary N) is 1. The van der Waals surface area contributed by atoms with Crippen LogP contribution in [0.4, 0.5) is 10.5 Å². The molecule has 1 unspecified atom stereocenters. The summed E-state index contributed by atoms with van der Waals surface area (Å²) in [4.78, 5) is 21.3. The van der Waals surface area contributed by atoms with Crippen LogP contribution in [0.1, 0.15) is 25.0 Å². The molecule has 28 heavy (non-hydrogen) atoms. The van der Waals surface area contributed by atoms with Crippen LogP contribution in [0.3, 0.4) is 0 Å². The first-order chi connectivity index (χ1) is 13.6. The van der Waals surface area contributed by atoms with E-state index in [1.807, 2.05) is 41.6 Å². The third-order valence-corrected chi connectivity index (χ3v) is 5.36. The molecule has 8 nitrogen and oxygen atoms in total. The smallest absolute Gasteiger partial charge is 0.317 e. The Labute approximate surface area is 165 Å². The minimum Gasteiger partial charge on any atom is -0.492 e. The van der Waals surface area contributed by atoms with Gasteiger partial charge in [-0.2, -0.15) is 5.10 Å². The van der Waals surface area contributed by atoms with Crippen molar-refractivity contribution in [3.8, 4) is 5.75 Å². The maximum absolute atomic E-state index is 12.7. The van der Waals surface area contributed by atoms with E-state index in [4.69, 9.17) is 4.74 Å². The van der Waals surface area contributed by atoms with Gasteiger partial charge in [-0.1, -0.05) is 12.1 Å². The Hall–Kier alpha value is -2.77. The largest absolute Gasteiger partial charge is 0.492 e. The number of nitrogens with zero attached hydrogens (tertiary/aromatic N) is 5. The second-order valence-electron chi connectivity index (χ2n) is 7.32. The number of carbonyl (C=O) groups excluding carboxylic acids is 1. The minimum atomic E-state index is 0.0167. The van der Waals surface area contributed by atoms with E-state index in [2.05, 4.69) is 26.4 Å². The van der Waals surface area contributed by atoms with Gasteiger partial charge in [0.1, 0.15) is 17.4 Å². The van der Waals surface area contributed by atoms with Crippen LogP contribution in [0.25, 0.3) is 0 Å². The standard InChI is InChI=1S/C20H28N6O2/c1-3-28-18-7-5-4-6-17(18)24-10-12-25(13-11-24)20(27)22-16-8-9-19-21-15(2)23-26(19)14-16/h4-7,16H,3,8-14H2,1-2H3,(H,22,27). The Morgan fingerprint density at radius 3 is 2.82 bits per heavy atom. The minimum absolute atomic E-state index is 0.0167. The van der Waals surface area contributed by atoms with Crippen molar-refractivity contribution in [3.05, 3.63) is 35.9 Å². The highest BCUT2D eigenvalue weighted by atomic mass is 16.5. The summed E-state index contributed by atoms with van der Waals surface area (Å²) in [6.45, 7) is 8.25. The average Bonchev–Trinajstić information content (AvgIpc) is 3.08. The molecule has 2 aliphatic heterocycles. The summed E-state index contributed by atoms with van der Waals surface area (Å²) in [5.74, 6) is 2.72. The normalized spacial score (nSPS) is 19.3. The average molecular weight is 384 g/mol. The Balaban J connectivity index is 1.31. The van der Waals surface area contributed by atoms with Crippen molar-refractivity contribution in [2.45, 2.75) is 39.3 Å². The molecule has 2 amide bonds. The number of amides is 2. The van der Waals surface area contributed by atoms with Gasteiger partial charge in [0.05, 0.1) is 24.9 Å². The number of aromatic nitrogens is 3. The molecule has 1 aromatic carbocycles. The van der Waals surface area contributed by atoms with Gasteiger partial charge in [0.2, 0.25) is 0 Å². The zero-order chi connectivity index (χ0) is 19.5. The summed E-state index contributed by atoms with van der Waals surface area (Å²) in [5, 5.41) is 7.59. The van der Waals surface area contributed by atoms with E-state index in [0.717, 1.165) is 49.0 Å². The molecule has 1 atom stereocenters. The van der Waals surface area contributed by atoms with Gasteiger partial charge in [0, 0.05) is 32.6 Å². The van der Waals surface area contributed by atoms with E-state index < -0.39 is 0 Å². The topological polar surface area (TPSA) is 75.5 Å². The number of urea groups is 1. The molecule has 0 saturated carbocycles. The first kappa shape index (κ1) is 18.6. The van der Waals surface area contributed by atoms with Crippen molar-refractivity contribution in [2.24, 2.45) is 0 Å². The van der Waals surface area contributed by atoms with Crippen molar-refractivity contribution < 1.29 is 9.53 Å². The van der Waals surface area contributed by atoms with Gasteiger partial charge < -0.3 is 19.9 Å². The van der Waals surface area contributed by atoms with E-state index in [1.165, 1.54) is 0 Å². The van der Waals surface area contributed by atoms with Crippen LogP contribution >= 0.6 is 0 Å². The summed E-state index contributed by atoms with van der Waals surface area (Å²) >= 11 is 0. The summed E-state index contributed by atoms with van der Waals surface area (Å²) in [5.41, 5.74) is 1.10. The Morgan fingerprint density at radius 1 is 1.25 bits per heavy atom. The van der Waals surface area contributed by atoms with Gasteiger partial charge in [-0.3, -0.25) is 0 Å². The molecule has 3 heterocycles. The van der Waals surface area contributed by atoms with Crippen molar-refractivity contribution in [1.29, 1.82) is 0 Å².